The molecule has 0 spiro atoms. The molecule has 0 bridgehead atoms. The molecule has 2 aromatic carbocycles. The highest BCUT2D eigenvalue weighted by Gasteiger charge is 2.28. The first-order chi connectivity index (χ1) is 17.4. The number of aryl methyl sites for hydroxylation is 1. The van der Waals surface area contributed by atoms with Crippen molar-refractivity contribution in [3.8, 4) is 11.1 Å². The summed E-state index contributed by atoms with van der Waals surface area (Å²) >= 11 is 6.07. The van der Waals surface area contributed by atoms with E-state index in [1.165, 1.54) is 0 Å². The molecule has 2 aliphatic rings. The maximum absolute atomic E-state index is 13.0. The molecule has 7 nitrogen and oxygen atoms in total. The van der Waals surface area contributed by atoms with Gasteiger partial charge in [-0.15, -0.1) is 0 Å². The van der Waals surface area contributed by atoms with E-state index in [1.54, 1.807) is 12.1 Å². The summed E-state index contributed by atoms with van der Waals surface area (Å²) in [5, 5.41) is 16.8. The number of H-pyrrole nitrogens is 1. The Morgan fingerprint density at radius 2 is 1.94 bits per heavy atom. The molecular formula is C28H29ClN4O3. The number of halogens is 1. The van der Waals surface area contributed by atoms with Crippen LogP contribution in [-0.2, 0) is 4.79 Å². The van der Waals surface area contributed by atoms with Crippen molar-refractivity contribution >= 4 is 40.8 Å². The summed E-state index contributed by atoms with van der Waals surface area (Å²) in [7, 11) is 0. The zero-order valence-electron chi connectivity index (χ0n) is 20.1. The third-order valence-corrected chi connectivity index (χ3v) is 6.92. The maximum Gasteiger partial charge on any atom is 0.256 e. The Bertz CT molecular complexity index is 1320. The first-order valence-electron chi connectivity index (χ1n) is 12.2. The predicted octanol–water partition coefficient (Wildman–Crippen LogP) is 4.32. The predicted molar refractivity (Wildman–Crippen MR) is 143 cm³/mol. The Morgan fingerprint density at radius 3 is 2.69 bits per heavy atom. The molecule has 2 amide bonds. The van der Waals surface area contributed by atoms with Gasteiger partial charge in [-0.2, -0.15) is 0 Å². The number of fused-ring (bicyclic) bond motifs is 1. The standard InChI is InChI=1S/C28H29ClN4O3/c1-17-13-22(27(35)30-15-20(34)16-33-11-2-3-12-33)25(31-17)14-23-26-21(18-7-9-19(29)10-8-18)5-4-6-24(26)32-28(23)36/h4-10,13-14,20,31,34H,2-3,11-12,15-16H2,1H3,(H,30,35)(H,32,36). The topological polar surface area (TPSA) is 97.5 Å². The summed E-state index contributed by atoms with van der Waals surface area (Å²) < 4.78 is 0. The molecule has 2 aliphatic heterocycles. The monoisotopic (exact) mass is 504 g/mol. The molecular weight excluding hydrogens is 476 g/mol. The van der Waals surface area contributed by atoms with Crippen LogP contribution >= 0.6 is 11.6 Å². The average Bonchev–Trinajstić information content (AvgIpc) is 3.58. The van der Waals surface area contributed by atoms with Gasteiger partial charge in [-0.25, -0.2) is 0 Å². The van der Waals surface area contributed by atoms with Crippen molar-refractivity contribution in [2.24, 2.45) is 0 Å². The molecule has 1 aromatic heterocycles. The van der Waals surface area contributed by atoms with Gasteiger partial charge in [-0.05, 0) is 74.3 Å². The molecule has 3 aromatic rings. The number of likely N-dealkylation sites (tertiary alicyclic amines) is 1. The summed E-state index contributed by atoms with van der Waals surface area (Å²) in [5.74, 6) is -0.526. The third kappa shape index (κ3) is 5.09. The molecule has 0 aliphatic carbocycles. The Hall–Kier alpha value is -3.39. The summed E-state index contributed by atoms with van der Waals surface area (Å²) in [5.41, 5.74) is 5.58. The molecule has 1 atom stereocenters. The molecule has 1 fully saturated rings. The number of hydrogen-bond acceptors (Lipinski definition) is 4. The van der Waals surface area contributed by atoms with Crippen molar-refractivity contribution in [1.29, 1.82) is 0 Å². The smallest absolute Gasteiger partial charge is 0.256 e. The van der Waals surface area contributed by atoms with E-state index in [0.29, 0.717) is 28.4 Å². The number of aliphatic hydroxyl groups is 1. The van der Waals surface area contributed by atoms with Crippen LogP contribution in [-0.4, -0.2) is 59.1 Å². The summed E-state index contributed by atoms with van der Waals surface area (Å²) in [4.78, 5) is 31.5. The van der Waals surface area contributed by atoms with Gasteiger partial charge in [0.25, 0.3) is 11.8 Å². The van der Waals surface area contributed by atoms with E-state index in [0.717, 1.165) is 54.0 Å². The minimum absolute atomic E-state index is 0.166. The number of rotatable bonds is 7. The van der Waals surface area contributed by atoms with Gasteiger partial charge in [0.05, 0.1) is 22.9 Å². The average molecular weight is 505 g/mol. The van der Waals surface area contributed by atoms with E-state index in [-0.39, 0.29) is 18.4 Å². The number of carbonyl (C=O) groups is 2. The fourth-order valence-corrected chi connectivity index (χ4v) is 5.07. The van der Waals surface area contributed by atoms with Crippen molar-refractivity contribution in [1.82, 2.24) is 15.2 Å². The second-order valence-electron chi connectivity index (χ2n) is 9.40. The molecule has 4 N–H and O–H groups in total. The Morgan fingerprint density at radius 1 is 1.19 bits per heavy atom. The number of carbonyl (C=O) groups excluding carboxylic acids is 2. The summed E-state index contributed by atoms with van der Waals surface area (Å²) in [6.45, 7) is 4.55. The van der Waals surface area contributed by atoms with Crippen LogP contribution in [0.5, 0.6) is 0 Å². The normalized spacial score (nSPS) is 17.3. The third-order valence-electron chi connectivity index (χ3n) is 6.66. The highest BCUT2D eigenvalue weighted by molar-refractivity contribution is 6.36. The minimum atomic E-state index is -0.636. The lowest BCUT2D eigenvalue weighted by atomic mass is 9.94. The fourth-order valence-electron chi connectivity index (χ4n) is 4.95. The van der Waals surface area contributed by atoms with Crippen LogP contribution < -0.4 is 10.6 Å². The van der Waals surface area contributed by atoms with Gasteiger partial charge in [0.1, 0.15) is 0 Å². The van der Waals surface area contributed by atoms with Gasteiger partial charge in [0.15, 0.2) is 0 Å². The zero-order valence-corrected chi connectivity index (χ0v) is 20.9. The zero-order chi connectivity index (χ0) is 25.2. The molecule has 1 saturated heterocycles. The summed E-state index contributed by atoms with van der Waals surface area (Å²) in [6.07, 6.45) is 3.39. The van der Waals surface area contributed by atoms with Gasteiger partial charge in [-0.1, -0.05) is 35.9 Å². The van der Waals surface area contributed by atoms with Crippen LogP contribution in [0, 0.1) is 6.92 Å². The van der Waals surface area contributed by atoms with E-state index in [4.69, 9.17) is 11.6 Å². The number of aromatic amines is 1. The SMILES string of the molecule is Cc1cc(C(=O)NCC(O)CN2CCCC2)c(C=C2C(=O)Nc3cccc(-c4ccc(Cl)cc4)c32)[nH]1. The van der Waals surface area contributed by atoms with E-state index in [9.17, 15) is 14.7 Å². The second kappa shape index (κ2) is 10.3. The van der Waals surface area contributed by atoms with Crippen LogP contribution in [0.2, 0.25) is 5.02 Å². The number of aliphatic hydroxyl groups excluding tert-OH is 1. The quantitative estimate of drug-likeness (QED) is 0.360. The summed E-state index contributed by atoms with van der Waals surface area (Å²) in [6, 6.07) is 15.0. The maximum atomic E-state index is 13.0. The first-order valence-corrected chi connectivity index (χ1v) is 12.6. The number of hydrogen-bond donors (Lipinski definition) is 4. The lowest BCUT2D eigenvalue weighted by molar-refractivity contribution is -0.110. The van der Waals surface area contributed by atoms with Crippen molar-refractivity contribution < 1.29 is 14.7 Å². The molecule has 3 heterocycles. The number of aromatic nitrogens is 1. The van der Waals surface area contributed by atoms with E-state index in [2.05, 4.69) is 20.5 Å². The molecule has 8 heteroatoms. The molecule has 0 saturated carbocycles. The number of benzene rings is 2. The van der Waals surface area contributed by atoms with Crippen molar-refractivity contribution in [3.05, 3.63) is 76.1 Å². The van der Waals surface area contributed by atoms with Gasteiger partial charge >= 0.3 is 0 Å². The Kier molecular flexibility index (Phi) is 6.96. The van der Waals surface area contributed by atoms with Gasteiger partial charge in [-0.3, -0.25) is 9.59 Å². The Balaban J connectivity index is 1.41. The highest BCUT2D eigenvalue weighted by atomic mass is 35.5. The lowest BCUT2D eigenvalue weighted by Gasteiger charge is -2.19. The number of nitrogens with one attached hydrogen (secondary N) is 3. The lowest BCUT2D eigenvalue weighted by Crippen LogP contribution is -2.39. The van der Waals surface area contributed by atoms with Crippen molar-refractivity contribution in [3.63, 3.8) is 0 Å². The fraction of sp³-hybridized carbons (Fsp3) is 0.286. The highest BCUT2D eigenvalue weighted by Crippen LogP contribution is 2.40. The molecule has 1 unspecified atom stereocenters. The van der Waals surface area contributed by atoms with Crippen LogP contribution in [0.15, 0.2) is 48.5 Å². The number of amides is 2. The molecule has 5 rings (SSSR count). The largest absolute Gasteiger partial charge is 0.390 e. The molecule has 36 heavy (non-hydrogen) atoms. The number of anilines is 1. The van der Waals surface area contributed by atoms with Gasteiger partial charge in [0.2, 0.25) is 0 Å². The van der Waals surface area contributed by atoms with Crippen LogP contribution in [0.1, 0.15) is 40.2 Å². The Labute approximate surface area is 215 Å². The van der Waals surface area contributed by atoms with Crippen LogP contribution in [0.25, 0.3) is 22.8 Å². The van der Waals surface area contributed by atoms with E-state index >= 15 is 0 Å². The minimum Gasteiger partial charge on any atom is -0.390 e. The van der Waals surface area contributed by atoms with Gasteiger partial charge < -0.3 is 25.6 Å². The molecule has 186 valence electrons. The second-order valence-corrected chi connectivity index (χ2v) is 9.83. The van der Waals surface area contributed by atoms with Crippen molar-refractivity contribution in [2.45, 2.75) is 25.9 Å². The van der Waals surface area contributed by atoms with E-state index < -0.39 is 6.10 Å². The van der Waals surface area contributed by atoms with Crippen LogP contribution in [0.3, 0.4) is 0 Å². The van der Waals surface area contributed by atoms with Crippen LogP contribution in [0.4, 0.5) is 5.69 Å². The first kappa shape index (κ1) is 24.3. The van der Waals surface area contributed by atoms with Gasteiger partial charge in [0, 0.05) is 35.1 Å². The number of nitrogens with zero attached hydrogens (tertiary/aromatic N) is 1. The molecule has 0 radical (unpaired) electrons. The van der Waals surface area contributed by atoms with E-state index in [1.807, 2.05) is 49.4 Å². The number of β-amino-alcohol motifs (C(OH)–C–C–N with tert-alkyl or cyclic N) is 1. The van der Waals surface area contributed by atoms with Crippen molar-refractivity contribution in [2.75, 3.05) is 31.5 Å².